The molecule has 2 aromatic carbocycles. The maximum Gasteiger partial charge on any atom is 0.257 e. The lowest BCUT2D eigenvalue weighted by Crippen LogP contribution is -2.23. The van der Waals surface area contributed by atoms with Crippen LogP contribution >= 0.6 is 0 Å². The first-order valence-electron chi connectivity index (χ1n) is 8.84. The van der Waals surface area contributed by atoms with Crippen LogP contribution in [0.4, 0.5) is 4.39 Å². The number of carbonyl (C=O) groups excluding carboxylic acids is 1. The Bertz CT molecular complexity index is 865. The highest BCUT2D eigenvalue weighted by Gasteiger charge is 2.16. The zero-order chi connectivity index (χ0) is 19.6. The van der Waals surface area contributed by atoms with E-state index in [2.05, 4.69) is 10.3 Å². The number of rotatable bonds is 5. The van der Waals surface area contributed by atoms with Crippen LogP contribution in [-0.2, 0) is 6.54 Å². The molecular formula is C22H23FN2O2. The van der Waals surface area contributed by atoms with Crippen molar-refractivity contribution in [3.63, 3.8) is 0 Å². The van der Waals surface area contributed by atoms with Gasteiger partial charge < -0.3 is 10.1 Å². The van der Waals surface area contributed by atoms with Crippen LogP contribution in [0.5, 0.6) is 11.6 Å². The van der Waals surface area contributed by atoms with E-state index in [1.807, 2.05) is 51.1 Å². The van der Waals surface area contributed by atoms with E-state index in [4.69, 9.17) is 4.74 Å². The molecule has 0 radical (unpaired) electrons. The van der Waals surface area contributed by atoms with Gasteiger partial charge >= 0.3 is 0 Å². The van der Waals surface area contributed by atoms with E-state index in [0.717, 1.165) is 23.4 Å². The Labute approximate surface area is 159 Å². The largest absolute Gasteiger partial charge is 0.438 e. The van der Waals surface area contributed by atoms with E-state index >= 15 is 0 Å². The fraction of sp³-hybridized carbons (Fsp3) is 0.182. The third-order valence-corrected chi connectivity index (χ3v) is 3.59. The molecule has 1 aromatic heterocycles. The molecule has 0 aliphatic heterocycles. The molecular weight excluding hydrogens is 343 g/mol. The van der Waals surface area contributed by atoms with Gasteiger partial charge in [0.1, 0.15) is 17.1 Å². The summed E-state index contributed by atoms with van der Waals surface area (Å²) in [6.45, 7) is 6.33. The van der Waals surface area contributed by atoms with Gasteiger partial charge in [-0.3, -0.25) is 4.79 Å². The maximum absolute atomic E-state index is 13.6. The molecule has 140 valence electrons. The number of hydrogen-bond acceptors (Lipinski definition) is 3. The fourth-order valence-electron chi connectivity index (χ4n) is 2.25. The van der Waals surface area contributed by atoms with Gasteiger partial charge in [0.15, 0.2) is 0 Å². The van der Waals surface area contributed by atoms with Crippen molar-refractivity contribution in [1.82, 2.24) is 10.3 Å². The summed E-state index contributed by atoms with van der Waals surface area (Å²) < 4.78 is 19.2. The molecule has 0 saturated carbocycles. The van der Waals surface area contributed by atoms with Crippen molar-refractivity contribution in [2.24, 2.45) is 0 Å². The van der Waals surface area contributed by atoms with Crippen LogP contribution in [0.2, 0.25) is 0 Å². The third kappa shape index (κ3) is 5.92. The van der Waals surface area contributed by atoms with Gasteiger partial charge in [0.2, 0.25) is 5.88 Å². The summed E-state index contributed by atoms with van der Waals surface area (Å²) in [6, 6.07) is 17.8. The van der Waals surface area contributed by atoms with Crippen molar-refractivity contribution < 1.29 is 13.9 Å². The summed E-state index contributed by atoms with van der Waals surface area (Å²) in [5.74, 6) is -0.456. The maximum atomic E-state index is 13.6. The van der Waals surface area contributed by atoms with Crippen LogP contribution in [0, 0.1) is 12.7 Å². The molecule has 0 spiro atoms. The van der Waals surface area contributed by atoms with Gasteiger partial charge in [-0.15, -0.1) is 0 Å². The van der Waals surface area contributed by atoms with Crippen molar-refractivity contribution in [2.45, 2.75) is 27.3 Å². The summed E-state index contributed by atoms with van der Waals surface area (Å²) in [6.07, 6.45) is 1.02. The Morgan fingerprint density at radius 3 is 2.41 bits per heavy atom. The molecule has 0 atom stereocenters. The van der Waals surface area contributed by atoms with Crippen molar-refractivity contribution >= 4 is 5.91 Å². The smallest absolute Gasteiger partial charge is 0.257 e. The molecule has 4 nitrogen and oxygen atoms in total. The zero-order valence-electron chi connectivity index (χ0n) is 15.7. The zero-order valence-corrected chi connectivity index (χ0v) is 15.7. The molecule has 1 N–H and O–H groups in total. The van der Waals surface area contributed by atoms with Crippen LogP contribution in [0.15, 0.2) is 66.9 Å². The molecule has 0 saturated heterocycles. The Morgan fingerprint density at radius 2 is 1.74 bits per heavy atom. The van der Waals surface area contributed by atoms with Gasteiger partial charge in [-0.1, -0.05) is 61.9 Å². The van der Waals surface area contributed by atoms with E-state index in [9.17, 15) is 9.18 Å². The number of aryl methyl sites for hydroxylation is 1. The lowest BCUT2D eigenvalue weighted by atomic mass is 10.1. The van der Waals surface area contributed by atoms with Crippen LogP contribution in [0.3, 0.4) is 0 Å². The summed E-state index contributed by atoms with van der Waals surface area (Å²) in [5, 5.41) is 2.76. The quantitative estimate of drug-likeness (QED) is 0.668. The second-order valence-electron chi connectivity index (χ2n) is 5.59. The molecule has 1 amide bonds. The molecule has 5 heteroatoms. The van der Waals surface area contributed by atoms with E-state index in [1.165, 1.54) is 0 Å². The van der Waals surface area contributed by atoms with E-state index in [0.29, 0.717) is 12.3 Å². The highest BCUT2D eigenvalue weighted by Crippen LogP contribution is 2.23. The molecule has 0 aliphatic carbocycles. The van der Waals surface area contributed by atoms with Crippen molar-refractivity contribution in [2.75, 3.05) is 0 Å². The Balaban J connectivity index is 0.00000126. The van der Waals surface area contributed by atoms with Crippen LogP contribution in [0.25, 0.3) is 0 Å². The first-order chi connectivity index (χ1) is 13.1. The highest BCUT2D eigenvalue weighted by atomic mass is 19.1. The lowest BCUT2D eigenvalue weighted by molar-refractivity contribution is 0.0947. The van der Waals surface area contributed by atoms with Crippen LogP contribution < -0.4 is 10.1 Å². The third-order valence-electron chi connectivity index (χ3n) is 3.59. The topological polar surface area (TPSA) is 51.2 Å². The molecule has 0 unspecified atom stereocenters. The number of hydrogen-bond donors (Lipinski definition) is 1. The van der Waals surface area contributed by atoms with Gasteiger partial charge in [0, 0.05) is 6.54 Å². The molecule has 0 fully saturated rings. The lowest BCUT2D eigenvalue weighted by Gasteiger charge is -2.11. The average molecular weight is 366 g/mol. The first-order valence-corrected chi connectivity index (χ1v) is 8.84. The normalized spacial score (nSPS) is 9.78. The predicted octanol–water partition coefficient (Wildman–Crippen LogP) is 5.28. The summed E-state index contributed by atoms with van der Waals surface area (Å²) in [4.78, 5) is 16.4. The van der Waals surface area contributed by atoms with Crippen LogP contribution in [0.1, 0.15) is 35.3 Å². The summed E-state index contributed by atoms with van der Waals surface area (Å²) in [7, 11) is 0. The van der Waals surface area contributed by atoms with E-state index in [1.54, 1.807) is 24.3 Å². The number of carbonyl (C=O) groups is 1. The number of nitrogens with one attached hydrogen (secondary N) is 1. The second kappa shape index (κ2) is 10.1. The highest BCUT2D eigenvalue weighted by molar-refractivity contribution is 5.96. The molecule has 0 aliphatic rings. The number of aromatic nitrogens is 1. The number of amides is 1. The number of ether oxygens (including phenoxy) is 1. The van der Waals surface area contributed by atoms with Gasteiger partial charge in [0.05, 0.1) is 6.20 Å². The minimum atomic E-state index is -0.596. The van der Waals surface area contributed by atoms with Gasteiger partial charge in [0.25, 0.3) is 5.91 Å². The molecule has 27 heavy (non-hydrogen) atoms. The molecule has 3 aromatic rings. The van der Waals surface area contributed by atoms with Crippen LogP contribution in [-0.4, -0.2) is 10.9 Å². The summed E-state index contributed by atoms with van der Waals surface area (Å²) >= 11 is 0. The number of pyridine rings is 1. The average Bonchev–Trinajstić information content (AvgIpc) is 2.71. The molecule has 3 rings (SSSR count). The Kier molecular flexibility index (Phi) is 7.49. The monoisotopic (exact) mass is 366 g/mol. The minimum Gasteiger partial charge on any atom is -0.438 e. The van der Waals surface area contributed by atoms with Gasteiger partial charge in [-0.05, 0) is 30.7 Å². The van der Waals surface area contributed by atoms with E-state index < -0.39 is 11.7 Å². The Morgan fingerprint density at radius 1 is 1.07 bits per heavy atom. The standard InChI is InChI=1S/C20H17FN2O2.C2H6/c1-14-7-9-15(10-8-14)12-22-19(24)18-11-16(21)13-23-20(18)25-17-5-3-2-4-6-17;1-2/h2-11,13H,12H2,1H3,(H,22,24);1-2H3. The molecule has 0 bridgehead atoms. The number of halogens is 1. The molecule has 1 heterocycles. The first kappa shape index (κ1) is 20.1. The number of benzene rings is 2. The number of para-hydroxylation sites is 1. The number of nitrogens with zero attached hydrogens (tertiary/aromatic N) is 1. The SMILES string of the molecule is CC.Cc1ccc(CNC(=O)c2cc(F)cnc2Oc2ccccc2)cc1. The van der Waals surface area contributed by atoms with Crippen molar-refractivity contribution in [3.8, 4) is 11.6 Å². The minimum absolute atomic E-state index is 0.0518. The van der Waals surface area contributed by atoms with Crippen molar-refractivity contribution in [1.29, 1.82) is 0 Å². The van der Waals surface area contributed by atoms with Crippen molar-refractivity contribution in [3.05, 3.63) is 89.4 Å². The summed E-state index contributed by atoms with van der Waals surface area (Å²) in [5.41, 5.74) is 2.15. The van der Waals surface area contributed by atoms with Gasteiger partial charge in [-0.2, -0.15) is 0 Å². The van der Waals surface area contributed by atoms with Gasteiger partial charge in [-0.25, -0.2) is 9.37 Å². The second-order valence-corrected chi connectivity index (χ2v) is 5.59. The fourth-order valence-corrected chi connectivity index (χ4v) is 2.25. The Hall–Kier alpha value is -3.21. The van der Waals surface area contributed by atoms with E-state index in [-0.39, 0.29) is 11.4 Å². The predicted molar refractivity (Wildman–Crippen MR) is 104 cm³/mol.